The minimum atomic E-state index is 0.169. The number of hydrogen-bond acceptors (Lipinski definition) is 1. The Morgan fingerprint density at radius 2 is 2.00 bits per heavy atom. The van der Waals surface area contributed by atoms with Crippen molar-refractivity contribution in [2.24, 2.45) is 0 Å². The van der Waals surface area contributed by atoms with Crippen molar-refractivity contribution < 1.29 is 0 Å². The molecule has 0 aliphatic carbocycles. The molecule has 3 heteroatoms. The highest BCUT2D eigenvalue weighted by atomic mass is 35.5. The number of benzene rings is 1. The van der Waals surface area contributed by atoms with E-state index in [1.807, 2.05) is 38.2 Å². The molecule has 14 heavy (non-hydrogen) atoms. The Hall–Kier alpha value is -0.240. The van der Waals surface area contributed by atoms with Gasteiger partial charge in [0.2, 0.25) is 0 Å². The van der Waals surface area contributed by atoms with Gasteiger partial charge in [-0.25, -0.2) is 0 Å². The Kier molecular flexibility index (Phi) is 4.73. The van der Waals surface area contributed by atoms with Crippen LogP contribution in [0.5, 0.6) is 0 Å². The van der Waals surface area contributed by atoms with Gasteiger partial charge >= 0.3 is 0 Å². The van der Waals surface area contributed by atoms with E-state index in [1.54, 1.807) is 0 Å². The summed E-state index contributed by atoms with van der Waals surface area (Å²) < 4.78 is 0. The van der Waals surface area contributed by atoms with Crippen molar-refractivity contribution in [1.82, 2.24) is 4.90 Å². The molecule has 0 bridgehead atoms. The maximum absolute atomic E-state index is 6.05. The molecule has 78 valence electrons. The van der Waals surface area contributed by atoms with Crippen LogP contribution in [-0.4, -0.2) is 23.9 Å². The van der Waals surface area contributed by atoms with Crippen molar-refractivity contribution in [3.05, 3.63) is 34.9 Å². The van der Waals surface area contributed by atoms with Crippen LogP contribution < -0.4 is 0 Å². The van der Waals surface area contributed by atoms with Gasteiger partial charge in [0.25, 0.3) is 0 Å². The molecule has 0 spiro atoms. The standard InChI is InChI=1S/C11H15Cl2N/c1-9(12)7-14(2)8-10-5-3-4-6-11(10)13/h3-6,9H,7-8H2,1-2H3. The van der Waals surface area contributed by atoms with Crippen molar-refractivity contribution in [2.45, 2.75) is 18.8 Å². The summed E-state index contributed by atoms with van der Waals surface area (Å²) in [4.78, 5) is 2.17. The van der Waals surface area contributed by atoms with Crippen LogP contribution >= 0.6 is 23.2 Å². The Bertz CT molecular complexity index is 286. The van der Waals surface area contributed by atoms with Crippen molar-refractivity contribution in [3.8, 4) is 0 Å². The molecule has 1 rings (SSSR count). The first kappa shape index (κ1) is 11.8. The Morgan fingerprint density at radius 1 is 1.36 bits per heavy atom. The van der Waals surface area contributed by atoms with E-state index in [1.165, 1.54) is 0 Å². The smallest absolute Gasteiger partial charge is 0.0451 e. The van der Waals surface area contributed by atoms with Gasteiger partial charge in [-0.1, -0.05) is 29.8 Å². The van der Waals surface area contributed by atoms with E-state index in [9.17, 15) is 0 Å². The second-order valence-electron chi connectivity index (χ2n) is 3.57. The van der Waals surface area contributed by atoms with Crippen molar-refractivity contribution in [3.63, 3.8) is 0 Å². The zero-order chi connectivity index (χ0) is 10.6. The van der Waals surface area contributed by atoms with E-state index >= 15 is 0 Å². The highest BCUT2D eigenvalue weighted by Crippen LogP contribution is 2.16. The highest BCUT2D eigenvalue weighted by Gasteiger charge is 2.05. The fraction of sp³-hybridized carbons (Fsp3) is 0.455. The molecule has 1 atom stereocenters. The molecule has 0 aliphatic rings. The lowest BCUT2D eigenvalue weighted by atomic mass is 10.2. The summed E-state index contributed by atoms with van der Waals surface area (Å²) in [6, 6.07) is 7.89. The molecular weight excluding hydrogens is 217 g/mol. The number of hydrogen-bond donors (Lipinski definition) is 0. The van der Waals surface area contributed by atoms with Gasteiger partial charge in [-0.2, -0.15) is 0 Å². The van der Waals surface area contributed by atoms with E-state index in [0.29, 0.717) is 0 Å². The van der Waals surface area contributed by atoms with Crippen LogP contribution in [0.1, 0.15) is 12.5 Å². The Morgan fingerprint density at radius 3 is 2.57 bits per heavy atom. The zero-order valence-electron chi connectivity index (χ0n) is 8.50. The van der Waals surface area contributed by atoms with Crippen LogP contribution in [0.2, 0.25) is 5.02 Å². The van der Waals surface area contributed by atoms with E-state index in [4.69, 9.17) is 23.2 Å². The van der Waals surface area contributed by atoms with Crippen molar-refractivity contribution in [1.29, 1.82) is 0 Å². The van der Waals surface area contributed by atoms with Crippen LogP contribution in [0.3, 0.4) is 0 Å². The molecule has 1 unspecified atom stereocenters. The molecule has 0 saturated heterocycles. The van der Waals surface area contributed by atoms with Crippen LogP contribution in [-0.2, 0) is 6.54 Å². The fourth-order valence-corrected chi connectivity index (χ4v) is 1.84. The fourth-order valence-electron chi connectivity index (χ4n) is 1.41. The number of nitrogens with zero attached hydrogens (tertiary/aromatic N) is 1. The van der Waals surface area contributed by atoms with Crippen LogP contribution in [0.25, 0.3) is 0 Å². The van der Waals surface area contributed by atoms with E-state index in [-0.39, 0.29) is 5.38 Å². The maximum Gasteiger partial charge on any atom is 0.0451 e. The molecule has 1 aromatic rings. The highest BCUT2D eigenvalue weighted by molar-refractivity contribution is 6.31. The van der Waals surface area contributed by atoms with Gasteiger partial charge in [0.15, 0.2) is 0 Å². The van der Waals surface area contributed by atoms with Gasteiger partial charge in [0.1, 0.15) is 0 Å². The van der Waals surface area contributed by atoms with E-state index < -0.39 is 0 Å². The lowest BCUT2D eigenvalue weighted by molar-refractivity contribution is 0.330. The molecule has 0 heterocycles. The SMILES string of the molecule is CC(Cl)CN(C)Cc1ccccc1Cl. The normalized spacial score (nSPS) is 13.2. The summed E-state index contributed by atoms with van der Waals surface area (Å²) in [7, 11) is 2.04. The maximum atomic E-state index is 6.05. The van der Waals surface area contributed by atoms with E-state index in [0.717, 1.165) is 23.7 Å². The first-order valence-corrected chi connectivity index (χ1v) is 5.47. The van der Waals surface area contributed by atoms with Crippen molar-refractivity contribution >= 4 is 23.2 Å². The summed E-state index contributed by atoms with van der Waals surface area (Å²) >= 11 is 11.9. The minimum Gasteiger partial charge on any atom is -0.301 e. The predicted molar refractivity (Wildman–Crippen MR) is 63.1 cm³/mol. The summed E-state index contributed by atoms with van der Waals surface area (Å²) in [5.74, 6) is 0. The summed E-state index contributed by atoms with van der Waals surface area (Å²) in [6.45, 7) is 3.70. The first-order valence-electron chi connectivity index (χ1n) is 4.65. The molecular formula is C11H15Cl2N. The van der Waals surface area contributed by atoms with Gasteiger partial charge < -0.3 is 4.90 Å². The van der Waals surface area contributed by atoms with Gasteiger partial charge in [0, 0.05) is 23.5 Å². The number of halogens is 2. The van der Waals surface area contributed by atoms with Gasteiger partial charge in [0.05, 0.1) is 0 Å². The minimum absolute atomic E-state index is 0.169. The molecule has 0 aliphatic heterocycles. The zero-order valence-corrected chi connectivity index (χ0v) is 10.0. The molecule has 1 nitrogen and oxygen atoms in total. The van der Waals surface area contributed by atoms with Crippen LogP contribution in [0, 0.1) is 0 Å². The molecule has 0 amide bonds. The molecule has 0 saturated carbocycles. The number of rotatable bonds is 4. The van der Waals surface area contributed by atoms with Crippen molar-refractivity contribution in [2.75, 3.05) is 13.6 Å². The summed E-state index contributed by atoms with van der Waals surface area (Å²) in [5, 5.41) is 0.990. The van der Waals surface area contributed by atoms with E-state index in [2.05, 4.69) is 4.90 Å². The van der Waals surface area contributed by atoms with Gasteiger partial charge in [-0.3, -0.25) is 0 Å². The topological polar surface area (TPSA) is 3.24 Å². The van der Waals surface area contributed by atoms with Gasteiger partial charge in [-0.15, -0.1) is 11.6 Å². The first-order chi connectivity index (χ1) is 6.59. The average molecular weight is 232 g/mol. The summed E-state index contributed by atoms with van der Waals surface area (Å²) in [5.41, 5.74) is 1.15. The largest absolute Gasteiger partial charge is 0.301 e. The second kappa shape index (κ2) is 5.59. The quantitative estimate of drug-likeness (QED) is 0.719. The second-order valence-corrected chi connectivity index (χ2v) is 4.72. The predicted octanol–water partition coefficient (Wildman–Crippen LogP) is 3.40. The Labute approximate surface area is 95.6 Å². The summed E-state index contributed by atoms with van der Waals surface area (Å²) in [6.07, 6.45) is 0. The molecule has 0 N–H and O–H groups in total. The lowest BCUT2D eigenvalue weighted by Crippen LogP contribution is -2.24. The molecule has 0 radical (unpaired) electrons. The lowest BCUT2D eigenvalue weighted by Gasteiger charge is -2.18. The van der Waals surface area contributed by atoms with Crippen LogP contribution in [0.4, 0.5) is 0 Å². The third kappa shape index (κ3) is 3.87. The third-order valence-corrected chi connectivity index (χ3v) is 2.47. The van der Waals surface area contributed by atoms with Gasteiger partial charge in [-0.05, 0) is 25.6 Å². The molecule has 0 fully saturated rings. The third-order valence-electron chi connectivity index (χ3n) is 1.96. The van der Waals surface area contributed by atoms with Crippen LogP contribution in [0.15, 0.2) is 24.3 Å². The number of alkyl halides is 1. The monoisotopic (exact) mass is 231 g/mol. The molecule has 1 aromatic carbocycles. The Balaban J connectivity index is 2.56. The molecule has 0 aromatic heterocycles. The average Bonchev–Trinajstić information content (AvgIpc) is 2.07.